The van der Waals surface area contributed by atoms with Crippen molar-refractivity contribution in [2.45, 2.75) is 39.2 Å². The van der Waals surface area contributed by atoms with Crippen molar-refractivity contribution in [1.29, 1.82) is 0 Å². The molecule has 1 unspecified atom stereocenters. The second-order valence-electron chi connectivity index (χ2n) is 4.75. The lowest BCUT2D eigenvalue weighted by Gasteiger charge is -2.21. The van der Waals surface area contributed by atoms with Crippen molar-refractivity contribution in [3.8, 4) is 0 Å². The fourth-order valence-electron chi connectivity index (χ4n) is 2.39. The molecular formula is C13H27N3O. The van der Waals surface area contributed by atoms with E-state index in [1.807, 2.05) is 4.90 Å². The highest BCUT2D eigenvalue weighted by molar-refractivity contribution is 5.46. The fourth-order valence-corrected chi connectivity index (χ4v) is 2.39. The van der Waals surface area contributed by atoms with E-state index in [2.05, 4.69) is 24.1 Å². The van der Waals surface area contributed by atoms with Crippen LogP contribution in [0.25, 0.3) is 0 Å². The molecule has 0 saturated carbocycles. The number of likely N-dealkylation sites (N-methyl/N-ethyl adjacent to an activating group) is 1. The minimum absolute atomic E-state index is 0.593. The number of amides is 1. The second kappa shape index (κ2) is 8.48. The Kier molecular flexibility index (Phi) is 7.21. The number of likely N-dealkylation sites (tertiary alicyclic amines) is 1. The number of rotatable bonds is 7. The Morgan fingerprint density at radius 3 is 2.71 bits per heavy atom. The van der Waals surface area contributed by atoms with Gasteiger partial charge in [-0.2, -0.15) is 0 Å². The summed E-state index contributed by atoms with van der Waals surface area (Å²) < 4.78 is 0. The summed E-state index contributed by atoms with van der Waals surface area (Å²) in [6.07, 6.45) is 4.40. The monoisotopic (exact) mass is 241 g/mol. The van der Waals surface area contributed by atoms with E-state index in [0.717, 1.165) is 58.5 Å². The molecule has 0 aromatic heterocycles. The molecule has 0 aromatic carbocycles. The molecular weight excluding hydrogens is 214 g/mol. The van der Waals surface area contributed by atoms with Crippen molar-refractivity contribution in [3.63, 3.8) is 0 Å². The third kappa shape index (κ3) is 5.50. The van der Waals surface area contributed by atoms with Gasteiger partial charge in [-0.15, -0.1) is 0 Å². The Morgan fingerprint density at radius 1 is 1.29 bits per heavy atom. The molecule has 1 aliphatic rings. The van der Waals surface area contributed by atoms with Crippen molar-refractivity contribution in [1.82, 2.24) is 15.1 Å². The van der Waals surface area contributed by atoms with Crippen LogP contribution in [0.4, 0.5) is 0 Å². The molecule has 4 heteroatoms. The number of nitrogens with zero attached hydrogens (tertiary/aromatic N) is 2. The number of carbonyl (C=O) groups excluding carboxylic acids is 1. The molecule has 1 amide bonds. The van der Waals surface area contributed by atoms with E-state index in [1.54, 1.807) is 0 Å². The molecule has 1 atom stereocenters. The van der Waals surface area contributed by atoms with E-state index in [9.17, 15) is 4.79 Å². The minimum Gasteiger partial charge on any atom is -0.345 e. The topological polar surface area (TPSA) is 35.6 Å². The van der Waals surface area contributed by atoms with E-state index < -0.39 is 0 Å². The predicted molar refractivity (Wildman–Crippen MR) is 71.1 cm³/mol. The maximum Gasteiger partial charge on any atom is 0.209 e. The molecule has 1 rings (SSSR count). The van der Waals surface area contributed by atoms with Gasteiger partial charge in [0.05, 0.1) is 0 Å². The molecule has 1 N–H and O–H groups in total. The van der Waals surface area contributed by atoms with Crippen molar-refractivity contribution in [3.05, 3.63) is 0 Å². The van der Waals surface area contributed by atoms with Crippen LogP contribution < -0.4 is 5.32 Å². The average Bonchev–Trinajstić information content (AvgIpc) is 2.60. The zero-order chi connectivity index (χ0) is 12.5. The van der Waals surface area contributed by atoms with Crippen LogP contribution in [0.2, 0.25) is 0 Å². The van der Waals surface area contributed by atoms with E-state index in [-0.39, 0.29) is 0 Å². The normalized spacial score (nSPS) is 21.6. The molecule has 0 aliphatic carbocycles. The Hall–Kier alpha value is -0.610. The summed E-state index contributed by atoms with van der Waals surface area (Å²) in [5.41, 5.74) is 0. The second-order valence-corrected chi connectivity index (χ2v) is 4.75. The number of nitrogens with one attached hydrogen (secondary N) is 1. The van der Waals surface area contributed by atoms with E-state index in [0.29, 0.717) is 6.04 Å². The molecule has 100 valence electrons. The van der Waals surface area contributed by atoms with Gasteiger partial charge in [-0.3, -0.25) is 4.79 Å². The van der Waals surface area contributed by atoms with Gasteiger partial charge in [0.2, 0.25) is 6.41 Å². The Balaban J connectivity index is 2.16. The molecule has 0 bridgehead atoms. The molecule has 0 aromatic rings. The zero-order valence-electron chi connectivity index (χ0n) is 11.3. The van der Waals surface area contributed by atoms with Crippen LogP contribution in [0.3, 0.4) is 0 Å². The summed E-state index contributed by atoms with van der Waals surface area (Å²) in [4.78, 5) is 15.0. The lowest BCUT2D eigenvalue weighted by molar-refractivity contribution is -0.118. The van der Waals surface area contributed by atoms with Crippen molar-refractivity contribution in [2.24, 2.45) is 0 Å². The van der Waals surface area contributed by atoms with Crippen LogP contribution in [-0.4, -0.2) is 61.5 Å². The lowest BCUT2D eigenvalue weighted by Crippen LogP contribution is -2.37. The largest absolute Gasteiger partial charge is 0.345 e. The van der Waals surface area contributed by atoms with E-state index in [1.165, 1.54) is 6.42 Å². The van der Waals surface area contributed by atoms with Gasteiger partial charge in [-0.1, -0.05) is 13.8 Å². The van der Waals surface area contributed by atoms with Gasteiger partial charge in [0, 0.05) is 32.2 Å². The minimum atomic E-state index is 0.593. The molecule has 4 nitrogen and oxygen atoms in total. The Labute approximate surface area is 105 Å². The van der Waals surface area contributed by atoms with Crippen molar-refractivity contribution >= 4 is 6.41 Å². The summed E-state index contributed by atoms with van der Waals surface area (Å²) in [5, 5.41) is 3.62. The highest BCUT2D eigenvalue weighted by Gasteiger charge is 2.15. The summed E-state index contributed by atoms with van der Waals surface area (Å²) >= 11 is 0. The van der Waals surface area contributed by atoms with Gasteiger partial charge < -0.3 is 15.1 Å². The zero-order valence-corrected chi connectivity index (χ0v) is 11.3. The molecule has 1 heterocycles. The van der Waals surface area contributed by atoms with Gasteiger partial charge >= 0.3 is 0 Å². The van der Waals surface area contributed by atoms with Gasteiger partial charge in [0.25, 0.3) is 0 Å². The summed E-state index contributed by atoms with van der Waals surface area (Å²) in [5.74, 6) is 0. The fraction of sp³-hybridized carbons (Fsp3) is 0.923. The molecule has 1 aliphatic heterocycles. The lowest BCUT2D eigenvalue weighted by atomic mass is 10.1. The molecule has 0 radical (unpaired) electrons. The van der Waals surface area contributed by atoms with Crippen LogP contribution in [0.1, 0.15) is 33.1 Å². The van der Waals surface area contributed by atoms with Crippen molar-refractivity contribution < 1.29 is 4.79 Å². The summed E-state index contributed by atoms with van der Waals surface area (Å²) in [7, 11) is 0. The first-order valence-corrected chi connectivity index (χ1v) is 6.95. The van der Waals surface area contributed by atoms with Gasteiger partial charge in [-0.05, 0) is 32.4 Å². The van der Waals surface area contributed by atoms with Gasteiger partial charge in [0.1, 0.15) is 0 Å². The maximum absolute atomic E-state index is 10.7. The van der Waals surface area contributed by atoms with Gasteiger partial charge in [-0.25, -0.2) is 0 Å². The smallest absolute Gasteiger partial charge is 0.209 e. The van der Waals surface area contributed by atoms with Crippen LogP contribution in [-0.2, 0) is 4.79 Å². The molecule has 17 heavy (non-hydrogen) atoms. The third-order valence-electron chi connectivity index (χ3n) is 3.67. The average molecular weight is 241 g/mol. The molecule has 1 saturated heterocycles. The van der Waals surface area contributed by atoms with Crippen LogP contribution in [0.5, 0.6) is 0 Å². The first kappa shape index (κ1) is 14.5. The van der Waals surface area contributed by atoms with Crippen LogP contribution in [0.15, 0.2) is 0 Å². The SMILES string of the molecule is CCN(CC)CCNC1CCCN(C=O)CC1. The van der Waals surface area contributed by atoms with Crippen LogP contribution in [0, 0.1) is 0 Å². The maximum atomic E-state index is 10.7. The van der Waals surface area contributed by atoms with Crippen LogP contribution >= 0.6 is 0 Å². The van der Waals surface area contributed by atoms with E-state index >= 15 is 0 Å². The van der Waals surface area contributed by atoms with Gasteiger partial charge in [0.15, 0.2) is 0 Å². The highest BCUT2D eigenvalue weighted by atomic mass is 16.1. The summed E-state index contributed by atoms with van der Waals surface area (Å²) in [6.45, 7) is 10.7. The first-order chi connectivity index (χ1) is 8.30. The first-order valence-electron chi connectivity index (χ1n) is 6.95. The third-order valence-corrected chi connectivity index (χ3v) is 3.67. The van der Waals surface area contributed by atoms with E-state index in [4.69, 9.17) is 0 Å². The summed E-state index contributed by atoms with van der Waals surface area (Å²) in [6, 6.07) is 0.593. The Morgan fingerprint density at radius 2 is 2.06 bits per heavy atom. The predicted octanol–water partition coefficient (Wildman–Crippen LogP) is 0.929. The number of hydrogen-bond donors (Lipinski definition) is 1. The number of carbonyl (C=O) groups is 1. The Bertz CT molecular complexity index is 207. The highest BCUT2D eigenvalue weighted by Crippen LogP contribution is 2.09. The van der Waals surface area contributed by atoms with Crippen molar-refractivity contribution in [2.75, 3.05) is 39.3 Å². The molecule has 0 spiro atoms. The quantitative estimate of drug-likeness (QED) is 0.674. The number of hydrogen-bond acceptors (Lipinski definition) is 3. The standard InChI is InChI=1S/C13H27N3O/c1-3-15(4-2)11-8-14-13-6-5-9-16(12-17)10-7-13/h12-14H,3-11H2,1-2H3. The molecule has 1 fully saturated rings.